The van der Waals surface area contributed by atoms with Crippen molar-refractivity contribution >= 4 is 0 Å². The van der Waals surface area contributed by atoms with Crippen LogP contribution in [-0.2, 0) is 0 Å². The summed E-state index contributed by atoms with van der Waals surface area (Å²) >= 11 is 0. The van der Waals surface area contributed by atoms with E-state index in [-0.39, 0.29) is 0 Å². The molecule has 0 aliphatic heterocycles. The Kier molecular flexibility index (Phi) is 13.6. The van der Waals surface area contributed by atoms with Gasteiger partial charge in [0.15, 0.2) is 0 Å². The van der Waals surface area contributed by atoms with Crippen LogP contribution in [0.4, 0.5) is 0 Å². The van der Waals surface area contributed by atoms with Gasteiger partial charge in [0.25, 0.3) is 0 Å². The van der Waals surface area contributed by atoms with Gasteiger partial charge in [-0.1, -0.05) is 68.7 Å². The van der Waals surface area contributed by atoms with Gasteiger partial charge in [-0.25, -0.2) is 0 Å². The molecule has 3 unspecified atom stereocenters. The zero-order valence-electron chi connectivity index (χ0n) is 14.7. The molecule has 0 aromatic carbocycles. The van der Waals surface area contributed by atoms with E-state index in [1.54, 1.807) is 19.3 Å². The summed E-state index contributed by atoms with van der Waals surface area (Å²) in [4.78, 5) is 0. The standard InChI is InChI=1S/C12H22.3C2H6/c1-4-10(8(2)3)12-7-11(12)9-5-6-9;3*1-2/h8-12H,4-7H2,1-3H3;3*1-2H3. The van der Waals surface area contributed by atoms with Gasteiger partial charge < -0.3 is 0 Å². The van der Waals surface area contributed by atoms with E-state index < -0.39 is 0 Å². The SMILES string of the molecule is CC.CC.CC.CCC(C(C)C)C1CC1C1CC1. The molecule has 18 heavy (non-hydrogen) atoms. The second kappa shape index (κ2) is 12.1. The minimum Gasteiger partial charge on any atom is -0.0683 e. The van der Waals surface area contributed by atoms with E-state index >= 15 is 0 Å². The summed E-state index contributed by atoms with van der Waals surface area (Å²) in [6.07, 6.45) is 6.08. The first-order valence-electron chi connectivity index (χ1n) is 8.74. The summed E-state index contributed by atoms with van der Waals surface area (Å²) in [5.74, 6) is 5.42. The summed E-state index contributed by atoms with van der Waals surface area (Å²) < 4.78 is 0. The van der Waals surface area contributed by atoms with Gasteiger partial charge in [-0.3, -0.25) is 0 Å². The van der Waals surface area contributed by atoms with Crippen LogP contribution in [0.15, 0.2) is 0 Å². The lowest BCUT2D eigenvalue weighted by Gasteiger charge is -2.18. The van der Waals surface area contributed by atoms with Gasteiger partial charge in [-0.15, -0.1) is 0 Å². The Morgan fingerprint density at radius 1 is 0.889 bits per heavy atom. The molecule has 2 fully saturated rings. The fraction of sp³-hybridized carbons (Fsp3) is 1.00. The van der Waals surface area contributed by atoms with E-state index in [2.05, 4.69) is 20.8 Å². The highest BCUT2D eigenvalue weighted by molar-refractivity contribution is 4.99. The van der Waals surface area contributed by atoms with Gasteiger partial charge in [0.05, 0.1) is 0 Å². The Labute approximate surface area is 118 Å². The molecule has 0 spiro atoms. The van der Waals surface area contributed by atoms with Crippen molar-refractivity contribution in [2.24, 2.45) is 29.6 Å². The van der Waals surface area contributed by atoms with Crippen LogP contribution in [0.3, 0.4) is 0 Å². The second-order valence-electron chi connectivity index (χ2n) is 5.22. The van der Waals surface area contributed by atoms with Crippen molar-refractivity contribution in [3.63, 3.8) is 0 Å². The van der Waals surface area contributed by atoms with Crippen LogP contribution in [-0.4, -0.2) is 0 Å². The third-order valence-corrected chi connectivity index (χ3v) is 4.00. The van der Waals surface area contributed by atoms with Crippen molar-refractivity contribution in [3.8, 4) is 0 Å². The molecule has 112 valence electrons. The van der Waals surface area contributed by atoms with E-state index in [9.17, 15) is 0 Å². The zero-order valence-corrected chi connectivity index (χ0v) is 14.7. The fourth-order valence-electron chi connectivity index (χ4n) is 3.06. The molecule has 2 rings (SSSR count). The smallest absolute Gasteiger partial charge is 0.0349 e. The third kappa shape index (κ3) is 6.81. The molecule has 0 radical (unpaired) electrons. The quantitative estimate of drug-likeness (QED) is 0.519. The number of hydrogen-bond acceptors (Lipinski definition) is 0. The third-order valence-electron chi connectivity index (χ3n) is 4.00. The lowest BCUT2D eigenvalue weighted by atomic mass is 9.87. The highest BCUT2D eigenvalue weighted by Gasteiger charge is 2.50. The Morgan fingerprint density at radius 2 is 1.33 bits per heavy atom. The van der Waals surface area contributed by atoms with Crippen molar-refractivity contribution in [2.75, 3.05) is 0 Å². The molecule has 3 atom stereocenters. The minimum absolute atomic E-state index is 0.920. The van der Waals surface area contributed by atoms with Crippen molar-refractivity contribution in [1.82, 2.24) is 0 Å². The van der Waals surface area contributed by atoms with Crippen LogP contribution in [0.25, 0.3) is 0 Å². The summed E-state index contributed by atoms with van der Waals surface area (Å²) in [5, 5.41) is 0. The summed E-state index contributed by atoms with van der Waals surface area (Å²) in [6, 6.07) is 0. The van der Waals surface area contributed by atoms with Crippen molar-refractivity contribution in [1.29, 1.82) is 0 Å². The average molecular weight is 257 g/mol. The van der Waals surface area contributed by atoms with Gasteiger partial charge >= 0.3 is 0 Å². The number of hydrogen-bond donors (Lipinski definition) is 0. The van der Waals surface area contributed by atoms with Crippen LogP contribution in [0.2, 0.25) is 0 Å². The predicted molar refractivity (Wildman–Crippen MR) is 87.0 cm³/mol. The van der Waals surface area contributed by atoms with Crippen LogP contribution in [0, 0.1) is 29.6 Å². The minimum atomic E-state index is 0.920. The van der Waals surface area contributed by atoms with Crippen molar-refractivity contribution in [3.05, 3.63) is 0 Å². The van der Waals surface area contributed by atoms with Gasteiger partial charge in [0.1, 0.15) is 0 Å². The molecular weight excluding hydrogens is 216 g/mol. The first kappa shape index (κ1) is 20.3. The van der Waals surface area contributed by atoms with E-state index in [1.807, 2.05) is 41.5 Å². The van der Waals surface area contributed by atoms with Crippen LogP contribution in [0.5, 0.6) is 0 Å². The monoisotopic (exact) mass is 256 g/mol. The molecule has 0 N–H and O–H groups in total. The van der Waals surface area contributed by atoms with Gasteiger partial charge in [-0.05, 0) is 48.9 Å². The Morgan fingerprint density at radius 3 is 1.61 bits per heavy atom. The molecule has 2 aliphatic rings. The molecule has 2 saturated carbocycles. The number of rotatable bonds is 4. The maximum atomic E-state index is 2.40. The lowest BCUT2D eigenvalue weighted by molar-refractivity contribution is 0.309. The summed E-state index contributed by atoms with van der Waals surface area (Å²) in [5.41, 5.74) is 0. The van der Waals surface area contributed by atoms with Crippen LogP contribution >= 0.6 is 0 Å². The van der Waals surface area contributed by atoms with E-state index in [4.69, 9.17) is 0 Å². The molecule has 2 aliphatic carbocycles. The topological polar surface area (TPSA) is 0 Å². The van der Waals surface area contributed by atoms with Crippen LogP contribution < -0.4 is 0 Å². The highest BCUT2D eigenvalue weighted by Crippen LogP contribution is 2.58. The zero-order chi connectivity index (χ0) is 14.7. The molecular formula is C18H40. The molecule has 0 aromatic rings. The molecule has 0 amide bonds. The predicted octanol–water partition coefficient (Wildman–Crippen LogP) is 6.79. The van der Waals surface area contributed by atoms with E-state index in [1.165, 1.54) is 12.3 Å². The summed E-state index contributed by atoms with van der Waals surface area (Å²) in [6.45, 7) is 19.2. The van der Waals surface area contributed by atoms with E-state index in [0.29, 0.717) is 0 Å². The van der Waals surface area contributed by atoms with Gasteiger partial charge in [0, 0.05) is 0 Å². The van der Waals surface area contributed by atoms with Crippen LogP contribution in [0.1, 0.15) is 88.0 Å². The van der Waals surface area contributed by atoms with Gasteiger partial charge in [-0.2, -0.15) is 0 Å². The largest absolute Gasteiger partial charge is 0.0683 e. The molecule has 0 heterocycles. The first-order chi connectivity index (χ1) is 8.74. The fourth-order valence-corrected chi connectivity index (χ4v) is 3.06. The average Bonchev–Trinajstić information content (AvgIpc) is 3.30. The normalized spacial score (nSPS) is 25.7. The maximum absolute atomic E-state index is 2.40. The first-order valence-corrected chi connectivity index (χ1v) is 8.74. The van der Waals surface area contributed by atoms with Crippen molar-refractivity contribution in [2.45, 2.75) is 88.0 Å². The van der Waals surface area contributed by atoms with E-state index in [0.717, 1.165) is 23.7 Å². The Hall–Kier alpha value is 0. The lowest BCUT2D eigenvalue weighted by Crippen LogP contribution is -2.11. The molecule has 0 heteroatoms. The molecule has 0 bridgehead atoms. The second-order valence-corrected chi connectivity index (χ2v) is 5.22. The maximum Gasteiger partial charge on any atom is -0.0349 e. The molecule has 0 saturated heterocycles. The highest BCUT2D eigenvalue weighted by atomic mass is 14.5. The summed E-state index contributed by atoms with van der Waals surface area (Å²) in [7, 11) is 0. The Balaban J connectivity index is 0. The molecule has 0 nitrogen and oxygen atoms in total. The van der Waals surface area contributed by atoms with Gasteiger partial charge in [0.2, 0.25) is 0 Å². The van der Waals surface area contributed by atoms with Crippen molar-refractivity contribution < 1.29 is 0 Å². The Bertz CT molecular complexity index is 155. The molecule has 0 aromatic heterocycles.